The van der Waals surface area contributed by atoms with Crippen molar-refractivity contribution in [1.82, 2.24) is 0 Å². The molecule has 4 aromatic carbocycles. The standard InChI is InChI=1S/C30H28N2O4/c1-2-32(24-13-5-3-6-14-24)30(34)27-18-9-10-19-28(27)31-29(33)23-12-11-17-26(22-23)36-21-20-35-25-15-7-4-8-16-25/h3-19,22H,2,20-21H2,1H3,(H,31,33). The summed E-state index contributed by atoms with van der Waals surface area (Å²) in [5.41, 5.74) is 2.09. The van der Waals surface area contributed by atoms with Crippen LogP contribution in [0.5, 0.6) is 11.5 Å². The maximum atomic E-state index is 13.4. The van der Waals surface area contributed by atoms with Crippen molar-refractivity contribution in [3.8, 4) is 11.5 Å². The molecule has 6 heteroatoms. The van der Waals surface area contributed by atoms with Gasteiger partial charge in [-0.3, -0.25) is 9.59 Å². The largest absolute Gasteiger partial charge is 0.490 e. The molecule has 0 aliphatic heterocycles. The highest BCUT2D eigenvalue weighted by atomic mass is 16.5. The van der Waals surface area contributed by atoms with Gasteiger partial charge in [-0.25, -0.2) is 0 Å². The van der Waals surface area contributed by atoms with Gasteiger partial charge >= 0.3 is 0 Å². The Kier molecular flexibility index (Phi) is 8.33. The molecular formula is C30H28N2O4. The number of carbonyl (C=O) groups excluding carboxylic acids is 2. The summed E-state index contributed by atoms with van der Waals surface area (Å²) in [6.07, 6.45) is 0. The van der Waals surface area contributed by atoms with Crippen LogP contribution in [0.1, 0.15) is 27.6 Å². The minimum absolute atomic E-state index is 0.185. The lowest BCUT2D eigenvalue weighted by Gasteiger charge is -2.22. The Hall–Kier alpha value is -4.58. The zero-order chi connectivity index (χ0) is 25.2. The monoisotopic (exact) mass is 480 g/mol. The Morgan fingerprint density at radius 1 is 0.722 bits per heavy atom. The Morgan fingerprint density at radius 2 is 1.33 bits per heavy atom. The van der Waals surface area contributed by atoms with Crippen LogP contribution >= 0.6 is 0 Å². The van der Waals surface area contributed by atoms with Crippen molar-refractivity contribution in [3.05, 3.63) is 120 Å². The second-order valence-electron chi connectivity index (χ2n) is 7.92. The van der Waals surface area contributed by atoms with E-state index in [0.29, 0.717) is 42.3 Å². The smallest absolute Gasteiger partial charge is 0.260 e. The van der Waals surface area contributed by atoms with Gasteiger partial charge in [-0.2, -0.15) is 0 Å². The predicted octanol–water partition coefficient (Wildman–Crippen LogP) is 6.06. The Bertz CT molecular complexity index is 1290. The number of ether oxygens (including phenoxy) is 2. The third kappa shape index (κ3) is 6.30. The molecule has 0 aromatic heterocycles. The van der Waals surface area contributed by atoms with E-state index in [-0.39, 0.29) is 11.8 Å². The topological polar surface area (TPSA) is 67.9 Å². The van der Waals surface area contributed by atoms with Crippen LogP contribution in [0.4, 0.5) is 11.4 Å². The fraction of sp³-hybridized carbons (Fsp3) is 0.133. The number of hydrogen-bond donors (Lipinski definition) is 1. The molecule has 0 aliphatic rings. The van der Waals surface area contributed by atoms with Gasteiger partial charge in [-0.1, -0.05) is 54.6 Å². The van der Waals surface area contributed by atoms with Gasteiger partial charge in [-0.05, 0) is 61.5 Å². The fourth-order valence-corrected chi connectivity index (χ4v) is 3.73. The fourth-order valence-electron chi connectivity index (χ4n) is 3.73. The van der Waals surface area contributed by atoms with Crippen LogP contribution < -0.4 is 19.7 Å². The van der Waals surface area contributed by atoms with Crippen LogP contribution in [0.2, 0.25) is 0 Å². The minimum Gasteiger partial charge on any atom is -0.490 e. The van der Waals surface area contributed by atoms with Crippen LogP contribution in [-0.4, -0.2) is 31.6 Å². The molecule has 1 N–H and O–H groups in total. The maximum absolute atomic E-state index is 13.4. The van der Waals surface area contributed by atoms with Gasteiger partial charge in [0.2, 0.25) is 0 Å². The summed E-state index contributed by atoms with van der Waals surface area (Å²) in [7, 11) is 0. The van der Waals surface area contributed by atoms with Gasteiger partial charge in [0, 0.05) is 17.8 Å². The number of anilines is 2. The second-order valence-corrected chi connectivity index (χ2v) is 7.92. The zero-order valence-corrected chi connectivity index (χ0v) is 20.1. The molecule has 0 aliphatic carbocycles. The van der Waals surface area contributed by atoms with E-state index in [0.717, 1.165) is 11.4 Å². The minimum atomic E-state index is -0.330. The molecule has 4 rings (SSSR count). The summed E-state index contributed by atoms with van der Waals surface area (Å²) < 4.78 is 11.4. The number of carbonyl (C=O) groups is 2. The van der Waals surface area contributed by atoms with Crippen LogP contribution in [0.15, 0.2) is 109 Å². The van der Waals surface area contributed by atoms with E-state index < -0.39 is 0 Å². The van der Waals surface area contributed by atoms with Crippen molar-refractivity contribution < 1.29 is 19.1 Å². The zero-order valence-electron chi connectivity index (χ0n) is 20.1. The lowest BCUT2D eigenvalue weighted by Crippen LogP contribution is -2.31. The summed E-state index contributed by atoms with van der Waals surface area (Å²) in [6, 6.07) is 32.9. The third-order valence-electron chi connectivity index (χ3n) is 5.50. The van der Waals surface area contributed by atoms with E-state index in [4.69, 9.17) is 9.47 Å². The number of nitrogens with one attached hydrogen (secondary N) is 1. The van der Waals surface area contributed by atoms with E-state index in [1.165, 1.54) is 0 Å². The molecule has 36 heavy (non-hydrogen) atoms. The summed E-state index contributed by atoms with van der Waals surface area (Å²) in [5, 5.41) is 2.89. The van der Waals surface area contributed by atoms with Gasteiger partial charge in [0.05, 0.1) is 11.3 Å². The average Bonchev–Trinajstić information content (AvgIpc) is 2.93. The highest BCUT2D eigenvalue weighted by Gasteiger charge is 2.20. The van der Waals surface area contributed by atoms with Gasteiger partial charge in [0.25, 0.3) is 11.8 Å². The number of nitrogens with zero attached hydrogens (tertiary/aromatic N) is 1. The van der Waals surface area contributed by atoms with Crippen LogP contribution in [0.25, 0.3) is 0 Å². The van der Waals surface area contributed by atoms with Crippen LogP contribution in [-0.2, 0) is 0 Å². The Balaban J connectivity index is 1.41. The van der Waals surface area contributed by atoms with Crippen molar-refractivity contribution in [2.75, 3.05) is 30.0 Å². The van der Waals surface area contributed by atoms with E-state index in [1.54, 1.807) is 53.4 Å². The Labute approximate surface area is 211 Å². The van der Waals surface area contributed by atoms with Crippen molar-refractivity contribution >= 4 is 23.2 Å². The number of rotatable bonds is 10. The van der Waals surface area contributed by atoms with Crippen molar-refractivity contribution in [3.63, 3.8) is 0 Å². The summed E-state index contributed by atoms with van der Waals surface area (Å²) in [5.74, 6) is 0.820. The number of amides is 2. The first kappa shape index (κ1) is 24.5. The van der Waals surface area contributed by atoms with Gasteiger partial charge in [0.15, 0.2) is 0 Å². The molecule has 0 saturated heterocycles. The van der Waals surface area contributed by atoms with E-state index in [9.17, 15) is 9.59 Å². The average molecular weight is 481 g/mol. The SMILES string of the molecule is CCN(C(=O)c1ccccc1NC(=O)c1cccc(OCCOc2ccccc2)c1)c1ccccc1. The lowest BCUT2D eigenvalue weighted by molar-refractivity contribution is 0.0989. The van der Waals surface area contributed by atoms with E-state index in [1.807, 2.05) is 67.6 Å². The molecule has 0 unspecified atom stereocenters. The molecule has 0 saturated carbocycles. The molecule has 0 bridgehead atoms. The van der Waals surface area contributed by atoms with E-state index in [2.05, 4.69) is 5.32 Å². The number of benzene rings is 4. The van der Waals surface area contributed by atoms with Gasteiger partial charge in [-0.15, -0.1) is 0 Å². The van der Waals surface area contributed by atoms with Crippen molar-refractivity contribution in [2.45, 2.75) is 6.92 Å². The number of para-hydroxylation sites is 3. The molecule has 0 heterocycles. The highest BCUT2D eigenvalue weighted by Crippen LogP contribution is 2.23. The molecule has 0 atom stereocenters. The molecule has 2 amide bonds. The highest BCUT2D eigenvalue weighted by molar-refractivity contribution is 6.13. The summed E-state index contributed by atoms with van der Waals surface area (Å²) in [4.78, 5) is 28.1. The first-order valence-corrected chi connectivity index (χ1v) is 11.8. The van der Waals surface area contributed by atoms with E-state index >= 15 is 0 Å². The van der Waals surface area contributed by atoms with Crippen molar-refractivity contribution in [1.29, 1.82) is 0 Å². The van der Waals surface area contributed by atoms with Crippen LogP contribution in [0, 0.1) is 0 Å². The lowest BCUT2D eigenvalue weighted by atomic mass is 10.1. The second kappa shape index (κ2) is 12.2. The third-order valence-corrected chi connectivity index (χ3v) is 5.50. The molecule has 4 aromatic rings. The normalized spacial score (nSPS) is 10.4. The molecule has 0 spiro atoms. The maximum Gasteiger partial charge on any atom is 0.260 e. The van der Waals surface area contributed by atoms with Crippen molar-refractivity contribution in [2.24, 2.45) is 0 Å². The first-order chi connectivity index (χ1) is 17.7. The molecule has 0 radical (unpaired) electrons. The van der Waals surface area contributed by atoms with Gasteiger partial charge < -0.3 is 19.7 Å². The summed E-state index contributed by atoms with van der Waals surface area (Å²) in [6.45, 7) is 3.13. The van der Waals surface area contributed by atoms with Crippen LogP contribution in [0.3, 0.4) is 0 Å². The Morgan fingerprint density at radius 3 is 2.06 bits per heavy atom. The molecule has 182 valence electrons. The quantitative estimate of drug-likeness (QED) is 0.280. The number of hydrogen-bond acceptors (Lipinski definition) is 4. The predicted molar refractivity (Wildman–Crippen MR) is 142 cm³/mol. The molecular weight excluding hydrogens is 452 g/mol. The molecule has 6 nitrogen and oxygen atoms in total. The van der Waals surface area contributed by atoms with Gasteiger partial charge in [0.1, 0.15) is 24.7 Å². The summed E-state index contributed by atoms with van der Waals surface area (Å²) >= 11 is 0. The molecule has 0 fully saturated rings. The first-order valence-electron chi connectivity index (χ1n) is 11.8.